The van der Waals surface area contributed by atoms with E-state index in [1.807, 2.05) is 6.92 Å². The van der Waals surface area contributed by atoms with Crippen molar-refractivity contribution in [2.45, 2.75) is 25.0 Å². The van der Waals surface area contributed by atoms with Gasteiger partial charge in [-0.1, -0.05) is 13.3 Å². The second-order valence-corrected chi connectivity index (χ2v) is 3.51. The van der Waals surface area contributed by atoms with Gasteiger partial charge in [0.05, 0.1) is 5.75 Å². The van der Waals surface area contributed by atoms with E-state index < -0.39 is 17.2 Å². The van der Waals surface area contributed by atoms with Crippen molar-refractivity contribution in [1.82, 2.24) is 0 Å². The topological polar surface area (TPSA) is 74.6 Å². The molecule has 0 rings (SSSR count). The van der Waals surface area contributed by atoms with Gasteiger partial charge >= 0.3 is 11.9 Å². The summed E-state index contributed by atoms with van der Waals surface area (Å²) in [5.74, 6) is -2.04. The first kappa shape index (κ1) is 11.3. The fraction of sp³-hybridized carbons (Fsp3) is 0.714. The summed E-state index contributed by atoms with van der Waals surface area (Å²) in [5.41, 5.74) is 0. The summed E-state index contributed by atoms with van der Waals surface area (Å²) in [6, 6.07) is 0. The smallest absolute Gasteiger partial charge is 0.316 e. The van der Waals surface area contributed by atoms with Crippen LogP contribution in [0.3, 0.4) is 0 Å². The standard InChI is InChI=1S/C7H12O4S/c1-2-3-5(7(10)11)12-4-6(8)9/h5H,2-4H2,1H3,(H,8,9)(H,10,11). The number of thioether (sulfide) groups is 1. The lowest BCUT2D eigenvalue weighted by Gasteiger charge is -2.07. The van der Waals surface area contributed by atoms with E-state index in [1.54, 1.807) is 0 Å². The van der Waals surface area contributed by atoms with Gasteiger partial charge in [0.2, 0.25) is 0 Å². The number of carboxylic acid groups (broad SMARTS) is 2. The summed E-state index contributed by atoms with van der Waals surface area (Å²) in [6.45, 7) is 1.87. The number of hydrogen-bond acceptors (Lipinski definition) is 3. The second kappa shape index (κ2) is 5.88. The molecule has 4 nitrogen and oxygen atoms in total. The first-order valence-corrected chi connectivity index (χ1v) is 4.69. The zero-order valence-corrected chi connectivity index (χ0v) is 7.63. The van der Waals surface area contributed by atoms with Gasteiger partial charge in [0.25, 0.3) is 0 Å². The highest BCUT2D eigenvalue weighted by Gasteiger charge is 2.17. The van der Waals surface area contributed by atoms with Crippen molar-refractivity contribution in [3.8, 4) is 0 Å². The fourth-order valence-electron chi connectivity index (χ4n) is 0.712. The predicted molar refractivity (Wildman–Crippen MR) is 46.4 cm³/mol. The maximum Gasteiger partial charge on any atom is 0.316 e. The van der Waals surface area contributed by atoms with Gasteiger partial charge in [-0.3, -0.25) is 9.59 Å². The Labute approximate surface area is 75.0 Å². The van der Waals surface area contributed by atoms with Crippen LogP contribution >= 0.6 is 11.8 Å². The van der Waals surface area contributed by atoms with E-state index in [-0.39, 0.29) is 5.75 Å². The van der Waals surface area contributed by atoms with Crippen molar-refractivity contribution in [1.29, 1.82) is 0 Å². The highest BCUT2D eigenvalue weighted by atomic mass is 32.2. The Bertz CT molecular complexity index is 169. The van der Waals surface area contributed by atoms with Crippen LogP contribution in [0.15, 0.2) is 0 Å². The van der Waals surface area contributed by atoms with Crippen molar-refractivity contribution in [3.63, 3.8) is 0 Å². The minimum atomic E-state index is -0.970. The molecule has 70 valence electrons. The highest BCUT2D eigenvalue weighted by Crippen LogP contribution is 2.16. The number of rotatable bonds is 6. The first-order valence-electron chi connectivity index (χ1n) is 3.64. The van der Waals surface area contributed by atoms with E-state index in [0.717, 1.165) is 18.2 Å². The van der Waals surface area contributed by atoms with E-state index >= 15 is 0 Å². The van der Waals surface area contributed by atoms with Crippen LogP contribution in [0.1, 0.15) is 19.8 Å². The van der Waals surface area contributed by atoms with Crippen molar-refractivity contribution in [2.24, 2.45) is 0 Å². The van der Waals surface area contributed by atoms with Crippen LogP contribution in [-0.2, 0) is 9.59 Å². The van der Waals surface area contributed by atoms with Crippen LogP contribution in [0.25, 0.3) is 0 Å². The molecule has 0 saturated carbocycles. The zero-order chi connectivity index (χ0) is 9.56. The average Bonchev–Trinajstić information content (AvgIpc) is 1.96. The summed E-state index contributed by atoms with van der Waals surface area (Å²) in [5, 5.41) is 16.3. The van der Waals surface area contributed by atoms with Crippen LogP contribution < -0.4 is 0 Å². The van der Waals surface area contributed by atoms with Crippen LogP contribution in [-0.4, -0.2) is 33.2 Å². The minimum Gasteiger partial charge on any atom is -0.481 e. The third kappa shape index (κ3) is 5.01. The van der Waals surface area contributed by atoms with Gasteiger partial charge < -0.3 is 10.2 Å². The lowest BCUT2D eigenvalue weighted by Crippen LogP contribution is -2.18. The molecule has 0 bridgehead atoms. The molecule has 0 spiro atoms. The van der Waals surface area contributed by atoms with Gasteiger partial charge in [-0.2, -0.15) is 0 Å². The molecule has 1 unspecified atom stereocenters. The molecular weight excluding hydrogens is 180 g/mol. The second-order valence-electron chi connectivity index (χ2n) is 2.32. The zero-order valence-electron chi connectivity index (χ0n) is 6.82. The molecule has 0 aliphatic carbocycles. The molecule has 0 aromatic carbocycles. The van der Waals surface area contributed by atoms with Crippen molar-refractivity contribution >= 4 is 23.7 Å². The third-order valence-electron chi connectivity index (χ3n) is 1.23. The van der Waals surface area contributed by atoms with E-state index in [4.69, 9.17) is 10.2 Å². The molecule has 0 saturated heterocycles. The monoisotopic (exact) mass is 192 g/mol. The van der Waals surface area contributed by atoms with Crippen LogP contribution in [0.5, 0.6) is 0 Å². The molecule has 0 aromatic rings. The average molecular weight is 192 g/mol. The van der Waals surface area contributed by atoms with Crippen LogP contribution in [0.4, 0.5) is 0 Å². The van der Waals surface area contributed by atoms with Gasteiger partial charge in [-0.05, 0) is 6.42 Å². The molecule has 0 amide bonds. The third-order valence-corrected chi connectivity index (χ3v) is 2.49. The Morgan fingerprint density at radius 2 is 2.00 bits per heavy atom. The number of carboxylic acids is 2. The molecule has 0 aromatic heterocycles. The predicted octanol–water partition coefficient (Wildman–Crippen LogP) is 1.06. The fourth-order valence-corrected chi connectivity index (χ4v) is 1.60. The lowest BCUT2D eigenvalue weighted by molar-refractivity contribution is -0.136. The molecule has 5 heteroatoms. The van der Waals surface area contributed by atoms with E-state index in [9.17, 15) is 9.59 Å². The lowest BCUT2D eigenvalue weighted by atomic mass is 10.2. The Morgan fingerprint density at radius 3 is 2.33 bits per heavy atom. The largest absolute Gasteiger partial charge is 0.481 e. The van der Waals surface area contributed by atoms with E-state index in [1.165, 1.54) is 0 Å². The van der Waals surface area contributed by atoms with Crippen molar-refractivity contribution < 1.29 is 19.8 Å². The Hall–Kier alpha value is -0.710. The number of aliphatic carboxylic acids is 2. The summed E-state index contributed by atoms with van der Waals surface area (Å²) in [7, 11) is 0. The van der Waals surface area contributed by atoms with Gasteiger partial charge in [-0.25, -0.2) is 0 Å². The molecular formula is C7H12O4S. The highest BCUT2D eigenvalue weighted by molar-refractivity contribution is 8.01. The van der Waals surface area contributed by atoms with Crippen LogP contribution in [0.2, 0.25) is 0 Å². The first-order chi connectivity index (χ1) is 5.57. The van der Waals surface area contributed by atoms with Gasteiger partial charge in [0, 0.05) is 0 Å². The van der Waals surface area contributed by atoms with Gasteiger partial charge in [0.15, 0.2) is 0 Å². The van der Waals surface area contributed by atoms with Crippen molar-refractivity contribution in [2.75, 3.05) is 5.75 Å². The maximum atomic E-state index is 10.5. The van der Waals surface area contributed by atoms with Gasteiger partial charge in [0.1, 0.15) is 5.25 Å². The molecule has 0 aliphatic rings. The summed E-state index contributed by atoms with van der Waals surface area (Å²) in [4.78, 5) is 20.6. The number of hydrogen-bond donors (Lipinski definition) is 2. The summed E-state index contributed by atoms with van der Waals surface area (Å²) < 4.78 is 0. The maximum absolute atomic E-state index is 10.5. The summed E-state index contributed by atoms with van der Waals surface area (Å²) in [6.07, 6.45) is 1.27. The SMILES string of the molecule is CCCC(SCC(=O)O)C(=O)O. The summed E-state index contributed by atoms with van der Waals surface area (Å²) >= 11 is 0.963. The molecule has 0 fully saturated rings. The van der Waals surface area contributed by atoms with E-state index in [2.05, 4.69) is 0 Å². The number of carbonyl (C=O) groups is 2. The van der Waals surface area contributed by atoms with Crippen molar-refractivity contribution in [3.05, 3.63) is 0 Å². The molecule has 0 aliphatic heterocycles. The van der Waals surface area contributed by atoms with E-state index in [0.29, 0.717) is 6.42 Å². The Balaban J connectivity index is 3.79. The Morgan fingerprint density at radius 1 is 1.42 bits per heavy atom. The Kier molecular flexibility index (Phi) is 5.53. The quantitative estimate of drug-likeness (QED) is 0.658. The normalized spacial score (nSPS) is 12.4. The molecule has 1 atom stereocenters. The molecule has 12 heavy (non-hydrogen) atoms. The van der Waals surface area contributed by atoms with Gasteiger partial charge in [-0.15, -0.1) is 11.8 Å². The molecule has 0 radical (unpaired) electrons. The van der Waals surface area contributed by atoms with Crippen LogP contribution in [0, 0.1) is 0 Å². The minimum absolute atomic E-state index is 0.142. The molecule has 2 N–H and O–H groups in total. The molecule has 0 heterocycles.